The van der Waals surface area contributed by atoms with Crippen LogP contribution in [0.25, 0.3) is 0 Å². The number of nitrogens with zero attached hydrogens (tertiary/aromatic N) is 1. The topological polar surface area (TPSA) is 69.2 Å². The van der Waals surface area contributed by atoms with E-state index in [1.807, 2.05) is 42.5 Å². The summed E-state index contributed by atoms with van der Waals surface area (Å²) < 4.78 is 16.4. The summed E-state index contributed by atoms with van der Waals surface area (Å²) in [5.74, 6) is 0.0260. The molecule has 0 radical (unpaired) electrons. The van der Waals surface area contributed by atoms with Crippen molar-refractivity contribution in [2.24, 2.45) is 10.9 Å². The van der Waals surface area contributed by atoms with Crippen LogP contribution in [0, 0.1) is 5.92 Å². The van der Waals surface area contributed by atoms with Crippen LogP contribution in [-0.4, -0.2) is 37.6 Å². The van der Waals surface area contributed by atoms with Crippen LogP contribution in [0.4, 0.5) is 0 Å². The molecule has 2 unspecified atom stereocenters. The van der Waals surface area contributed by atoms with Gasteiger partial charge in [0.1, 0.15) is 5.92 Å². The van der Waals surface area contributed by atoms with Gasteiger partial charge in [0.15, 0.2) is 16.6 Å². The Labute approximate surface area is 169 Å². The molecule has 0 amide bonds. The Balaban J connectivity index is 2.16. The Morgan fingerprint density at radius 2 is 1.86 bits per heavy atom. The number of carbonyl (C=O) groups excluding carboxylic acids is 1. The summed E-state index contributed by atoms with van der Waals surface area (Å²) in [4.78, 5) is 17.4. The fraction of sp³-hybridized carbons (Fsp3) is 0.286. The van der Waals surface area contributed by atoms with Crippen molar-refractivity contribution >= 4 is 29.0 Å². The van der Waals surface area contributed by atoms with Crippen LogP contribution in [0.1, 0.15) is 24.1 Å². The first-order chi connectivity index (χ1) is 13.6. The smallest absolute Gasteiger partial charge is 0.317 e. The van der Waals surface area contributed by atoms with Crippen LogP contribution >= 0.6 is 12.2 Å². The summed E-state index contributed by atoms with van der Waals surface area (Å²) in [6, 6.07) is 14.5. The molecular formula is C21H22N2O4S. The third-order valence-electron chi connectivity index (χ3n) is 4.51. The summed E-state index contributed by atoms with van der Waals surface area (Å²) in [5, 5.41) is 3.46. The van der Waals surface area contributed by atoms with E-state index in [0.717, 1.165) is 11.1 Å². The molecule has 2 aromatic carbocycles. The molecule has 0 saturated carbocycles. The number of rotatable bonds is 6. The number of nitrogens with one attached hydrogen (secondary N) is 1. The third-order valence-corrected chi connectivity index (χ3v) is 4.72. The Kier molecular flexibility index (Phi) is 6.26. The minimum atomic E-state index is -0.699. The summed E-state index contributed by atoms with van der Waals surface area (Å²) in [6.45, 7) is 2.04. The lowest BCUT2D eigenvalue weighted by molar-refractivity contribution is -0.146. The number of hydrogen-bond donors (Lipinski definition) is 1. The van der Waals surface area contributed by atoms with Gasteiger partial charge in [-0.15, -0.1) is 0 Å². The summed E-state index contributed by atoms with van der Waals surface area (Å²) in [6.07, 6.45) is 0. The molecule has 0 saturated heterocycles. The lowest BCUT2D eigenvalue weighted by atomic mass is 9.84. The van der Waals surface area contributed by atoms with Crippen molar-refractivity contribution < 1.29 is 19.0 Å². The standard InChI is InChI=1S/C21H22N2O4S/c1-4-27-20(24)16-17(13-9-6-5-7-10-13)22-21(28)23-18(16)14-11-8-12-15(25-2)19(14)26-3/h5-12,16,18H,4H2,1-3H3,(H,23,28). The van der Waals surface area contributed by atoms with Crippen molar-refractivity contribution in [3.05, 3.63) is 59.7 Å². The monoisotopic (exact) mass is 398 g/mol. The first kappa shape index (κ1) is 19.8. The second-order valence-electron chi connectivity index (χ2n) is 6.10. The Bertz CT molecular complexity index is 899. The number of thiocarbonyl (C=S) groups is 1. The van der Waals surface area contributed by atoms with Gasteiger partial charge in [-0.3, -0.25) is 4.79 Å². The molecule has 1 heterocycles. The first-order valence-electron chi connectivity index (χ1n) is 8.92. The molecular weight excluding hydrogens is 376 g/mol. The van der Waals surface area contributed by atoms with E-state index in [1.54, 1.807) is 27.2 Å². The minimum absolute atomic E-state index is 0.268. The lowest BCUT2D eigenvalue weighted by Gasteiger charge is -2.33. The number of benzene rings is 2. The van der Waals surface area contributed by atoms with E-state index in [4.69, 9.17) is 26.4 Å². The van der Waals surface area contributed by atoms with Crippen molar-refractivity contribution in [2.45, 2.75) is 13.0 Å². The largest absolute Gasteiger partial charge is 0.493 e. The van der Waals surface area contributed by atoms with Crippen molar-refractivity contribution in [1.29, 1.82) is 0 Å². The van der Waals surface area contributed by atoms with Gasteiger partial charge in [-0.1, -0.05) is 42.5 Å². The molecule has 0 aliphatic carbocycles. The third kappa shape index (κ3) is 3.84. The molecule has 146 valence electrons. The highest BCUT2D eigenvalue weighted by atomic mass is 32.1. The van der Waals surface area contributed by atoms with Crippen LogP contribution in [0.3, 0.4) is 0 Å². The maximum Gasteiger partial charge on any atom is 0.317 e. The number of ether oxygens (including phenoxy) is 3. The van der Waals surface area contributed by atoms with E-state index in [9.17, 15) is 4.79 Å². The lowest BCUT2D eigenvalue weighted by Crippen LogP contribution is -2.45. The fourth-order valence-corrected chi connectivity index (χ4v) is 3.56. The van der Waals surface area contributed by atoms with Gasteiger partial charge < -0.3 is 19.5 Å². The van der Waals surface area contributed by atoms with Gasteiger partial charge in [-0.2, -0.15) is 0 Å². The summed E-state index contributed by atoms with van der Waals surface area (Å²) in [5.41, 5.74) is 2.12. The van der Waals surface area contributed by atoms with E-state index in [0.29, 0.717) is 22.3 Å². The maximum atomic E-state index is 13.0. The van der Waals surface area contributed by atoms with Crippen molar-refractivity contribution in [1.82, 2.24) is 5.32 Å². The number of methoxy groups -OCH3 is 2. The van der Waals surface area contributed by atoms with E-state index < -0.39 is 12.0 Å². The zero-order valence-corrected chi connectivity index (χ0v) is 16.8. The highest BCUT2D eigenvalue weighted by Crippen LogP contribution is 2.40. The van der Waals surface area contributed by atoms with Crippen molar-refractivity contribution in [2.75, 3.05) is 20.8 Å². The first-order valence-corrected chi connectivity index (χ1v) is 9.33. The van der Waals surface area contributed by atoms with Gasteiger partial charge in [-0.05, 0) is 30.8 Å². The number of esters is 1. The highest BCUT2D eigenvalue weighted by Gasteiger charge is 2.41. The fourth-order valence-electron chi connectivity index (χ4n) is 3.33. The van der Waals surface area contributed by atoms with E-state index in [1.165, 1.54) is 0 Å². The SMILES string of the molecule is CCOC(=O)C1C(c2ccccc2)=NC(=S)NC1c1cccc(OC)c1OC. The maximum absolute atomic E-state index is 13.0. The van der Waals surface area contributed by atoms with E-state index in [2.05, 4.69) is 10.3 Å². The van der Waals surface area contributed by atoms with Crippen molar-refractivity contribution in [3.8, 4) is 11.5 Å². The predicted octanol–water partition coefficient (Wildman–Crippen LogP) is 3.30. The highest BCUT2D eigenvalue weighted by molar-refractivity contribution is 7.80. The zero-order valence-electron chi connectivity index (χ0n) is 16.0. The molecule has 0 bridgehead atoms. The zero-order chi connectivity index (χ0) is 20.1. The molecule has 1 aliphatic rings. The van der Waals surface area contributed by atoms with E-state index in [-0.39, 0.29) is 12.6 Å². The van der Waals surface area contributed by atoms with Gasteiger partial charge in [0.2, 0.25) is 0 Å². The molecule has 6 nitrogen and oxygen atoms in total. The quantitative estimate of drug-likeness (QED) is 0.595. The van der Waals surface area contributed by atoms with Gasteiger partial charge >= 0.3 is 5.97 Å². The van der Waals surface area contributed by atoms with Crippen LogP contribution in [-0.2, 0) is 9.53 Å². The van der Waals surface area contributed by atoms with Gasteiger partial charge in [0.05, 0.1) is 32.6 Å². The normalized spacial score (nSPS) is 18.7. The molecule has 1 N–H and O–H groups in total. The summed E-state index contributed by atoms with van der Waals surface area (Å²) in [7, 11) is 3.13. The molecule has 2 atom stereocenters. The summed E-state index contributed by atoms with van der Waals surface area (Å²) >= 11 is 5.38. The second-order valence-corrected chi connectivity index (χ2v) is 6.49. The second kappa shape index (κ2) is 8.84. The molecule has 0 fully saturated rings. The Hall–Kier alpha value is -2.93. The molecule has 3 rings (SSSR count). The van der Waals surface area contributed by atoms with Gasteiger partial charge in [0.25, 0.3) is 0 Å². The molecule has 0 aromatic heterocycles. The van der Waals surface area contributed by atoms with Gasteiger partial charge in [0, 0.05) is 5.56 Å². The van der Waals surface area contributed by atoms with Crippen LogP contribution < -0.4 is 14.8 Å². The molecule has 2 aromatic rings. The molecule has 7 heteroatoms. The average molecular weight is 398 g/mol. The van der Waals surface area contributed by atoms with Crippen LogP contribution in [0.15, 0.2) is 53.5 Å². The predicted molar refractivity (Wildman–Crippen MR) is 111 cm³/mol. The Morgan fingerprint density at radius 1 is 1.11 bits per heavy atom. The number of carbonyl (C=O) groups is 1. The van der Waals surface area contributed by atoms with Gasteiger partial charge in [-0.25, -0.2) is 4.99 Å². The minimum Gasteiger partial charge on any atom is -0.493 e. The van der Waals surface area contributed by atoms with Crippen LogP contribution in [0.5, 0.6) is 11.5 Å². The molecule has 0 spiro atoms. The van der Waals surface area contributed by atoms with Crippen molar-refractivity contribution in [3.63, 3.8) is 0 Å². The van der Waals surface area contributed by atoms with E-state index >= 15 is 0 Å². The van der Waals surface area contributed by atoms with Crippen LogP contribution in [0.2, 0.25) is 0 Å². The Morgan fingerprint density at radius 3 is 2.50 bits per heavy atom. The number of para-hydroxylation sites is 1. The molecule has 1 aliphatic heterocycles. The molecule has 28 heavy (non-hydrogen) atoms. The number of aliphatic imine (C=N–C) groups is 1. The average Bonchev–Trinajstić information content (AvgIpc) is 2.73. The number of hydrogen-bond acceptors (Lipinski definition) is 5.